The fraction of sp³-hybridized carbons (Fsp3) is 0.571. The average Bonchev–Trinajstić information content (AvgIpc) is 2.52. The van der Waals surface area contributed by atoms with Crippen molar-refractivity contribution in [3.05, 3.63) is 11.4 Å². The van der Waals surface area contributed by atoms with Gasteiger partial charge in [0, 0.05) is 25.0 Å². The molecule has 0 radical (unpaired) electrons. The highest BCUT2D eigenvalue weighted by Gasteiger charge is 2.05. The summed E-state index contributed by atoms with van der Waals surface area (Å²) in [7, 11) is 1.63. The molecule has 0 saturated carbocycles. The first kappa shape index (κ1) is 8.49. The van der Waals surface area contributed by atoms with E-state index >= 15 is 0 Å². The van der Waals surface area contributed by atoms with Crippen LogP contribution in [0.4, 0.5) is 0 Å². The molecule has 1 aromatic rings. The molecule has 0 unspecified atom stereocenters. The summed E-state index contributed by atoms with van der Waals surface area (Å²) in [6.07, 6.45) is 0.658. The third kappa shape index (κ3) is 2.48. The van der Waals surface area contributed by atoms with Gasteiger partial charge in [0.1, 0.15) is 0 Å². The topological polar surface area (TPSA) is 31.4 Å². The Kier molecular flexibility index (Phi) is 3.32. The van der Waals surface area contributed by atoms with E-state index in [0.29, 0.717) is 5.88 Å². The van der Waals surface area contributed by atoms with Gasteiger partial charge in [0.2, 0.25) is 12.2 Å². The highest BCUT2D eigenvalue weighted by atomic mass is 32.1. The second-order valence-corrected chi connectivity index (χ2v) is 2.69. The summed E-state index contributed by atoms with van der Waals surface area (Å²) in [6.45, 7) is 2.00. The molecule has 0 aliphatic heterocycles. The van der Waals surface area contributed by atoms with Gasteiger partial charge in [-0.05, 0) is 11.5 Å². The predicted octanol–water partition coefficient (Wildman–Crippen LogP) is 1.90. The lowest BCUT2D eigenvalue weighted by atomic mass is 10.5. The molecule has 0 fully saturated rings. The van der Waals surface area contributed by atoms with E-state index in [4.69, 9.17) is 9.47 Å². The number of nitrogens with zero attached hydrogens (tertiary/aromatic N) is 1. The van der Waals surface area contributed by atoms with Gasteiger partial charge in [-0.1, -0.05) is 6.92 Å². The smallest absolute Gasteiger partial charge is 0.227 e. The van der Waals surface area contributed by atoms with Crippen LogP contribution in [0.25, 0.3) is 0 Å². The molecule has 0 aliphatic rings. The highest BCUT2D eigenvalue weighted by molar-refractivity contribution is 7.03. The summed E-state index contributed by atoms with van der Waals surface area (Å²) in [4.78, 5) is 0. The molecular formula is C7H11NO2S. The summed E-state index contributed by atoms with van der Waals surface area (Å²) in [5, 5.41) is 1.87. The molecule has 11 heavy (non-hydrogen) atoms. The minimum Gasteiger partial charge on any atom is -0.447 e. The molecule has 0 amide bonds. The van der Waals surface area contributed by atoms with E-state index in [-0.39, 0.29) is 6.29 Å². The molecule has 0 saturated heterocycles. The van der Waals surface area contributed by atoms with E-state index in [2.05, 4.69) is 4.37 Å². The monoisotopic (exact) mass is 173 g/mol. The minimum absolute atomic E-state index is 0.169. The number of hydrogen-bond acceptors (Lipinski definition) is 4. The van der Waals surface area contributed by atoms with Gasteiger partial charge >= 0.3 is 0 Å². The molecule has 1 rings (SSSR count). The number of methoxy groups -OCH3 is 1. The maximum absolute atomic E-state index is 5.33. The highest BCUT2D eigenvalue weighted by Crippen LogP contribution is 2.12. The fourth-order valence-electron chi connectivity index (χ4n) is 0.695. The summed E-state index contributed by atoms with van der Waals surface area (Å²) >= 11 is 1.37. The largest absolute Gasteiger partial charge is 0.447 e. The molecule has 3 nitrogen and oxygen atoms in total. The zero-order valence-electron chi connectivity index (χ0n) is 6.61. The Hall–Kier alpha value is -0.610. The maximum Gasteiger partial charge on any atom is 0.227 e. The van der Waals surface area contributed by atoms with Gasteiger partial charge in [0.15, 0.2) is 0 Å². The van der Waals surface area contributed by atoms with E-state index in [1.54, 1.807) is 7.11 Å². The van der Waals surface area contributed by atoms with Crippen LogP contribution in [0.2, 0.25) is 0 Å². The van der Waals surface area contributed by atoms with Crippen molar-refractivity contribution in [3.63, 3.8) is 0 Å². The quantitative estimate of drug-likeness (QED) is 0.652. The van der Waals surface area contributed by atoms with E-state index in [9.17, 15) is 0 Å². The fourth-order valence-corrected chi connectivity index (χ4v) is 1.14. The van der Waals surface area contributed by atoms with Crippen LogP contribution in [-0.2, 0) is 4.74 Å². The van der Waals surface area contributed by atoms with Gasteiger partial charge in [0.05, 0.1) is 0 Å². The van der Waals surface area contributed by atoms with Crippen LogP contribution in [0.5, 0.6) is 5.88 Å². The predicted molar refractivity (Wildman–Crippen MR) is 43.8 cm³/mol. The van der Waals surface area contributed by atoms with E-state index in [0.717, 1.165) is 6.42 Å². The SMILES string of the molecule is CC[C@H](OC)Oc1ccsn1. The number of hydrogen-bond donors (Lipinski definition) is 0. The van der Waals surface area contributed by atoms with E-state index in [1.165, 1.54) is 11.5 Å². The lowest BCUT2D eigenvalue weighted by Gasteiger charge is -2.12. The normalized spacial score (nSPS) is 12.9. The zero-order valence-corrected chi connectivity index (χ0v) is 7.43. The van der Waals surface area contributed by atoms with Gasteiger partial charge in [-0.25, -0.2) is 0 Å². The molecule has 4 heteroatoms. The van der Waals surface area contributed by atoms with Crippen LogP contribution < -0.4 is 4.74 Å². The third-order valence-corrected chi connectivity index (χ3v) is 1.81. The third-order valence-electron chi connectivity index (χ3n) is 1.26. The summed E-state index contributed by atoms with van der Waals surface area (Å²) in [5.74, 6) is 0.642. The van der Waals surface area contributed by atoms with Crippen molar-refractivity contribution in [3.8, 4) is 5.88 Å². The second kappa shape index (κ2) is 4.31. The number of aromatic nitrogens is 1. The standard InChI is InChI=1S/C7H11NO2S/c1-3-7(9-2)10-6-4-5-11-8-6/h4-5,7H,3H2,1-2H3/t7-/m1/s1. The Morgan fingerprint density at radius 3 is 3.00 bits per heavy atom. The first-order chi connectivity index (χ1) is 5.36. The Balaban J connectivity index is 2.41. The van der Waals surface area contributed by atoms with Gasteiger partial charge in [-0.15, -0.1) is 0 Å². The van der Waals surface area contributed by atoms with Crippen molar-refractivity contribution in [2.75, 3.05) is 7.11 Å². The van der Waals surface area contributed by atoms with Crippen molar-refractivity contribution in [2.45, 2.75) is 19.6 Å². The molecule has 0 aromatic carbocycles. The molecule has 1 atom stereocenters. The molecule has 0 N–H and O–H groups in total. The van der Waals surface area contributed by atoms with Gasteiger partial charge in [-0.2, -0.15) is 4.37 Å². The molecule has 0 spiro atoms. The molecule has 0 bridgehead atoms. The Bertz CT molecular complexity index is 184. The second-order valence-electron chi connectivity index (χ2n) is 2.03. The van der Waals surface area contributed by atoms with Crippen LogP contribution >= 0.6 is 11.5 Å². The van der Waals surface area contributed by atoms with Gasteiger partial charge in [0.25, 0.3) is 0 Å². The van der Waals surface area contributed by atoms with Crippen LogP contribution in [0.3, 0.4) is 0 Å². The summed E-state index contributed by atoms with van der Waals surface area (Å²) in [6, 6.07) is 1.83. The Morgan fingerprint density at radius 2 is 2.55 bits per heavy atom. The first-order valence-electron chi connectivity index (χ1n) is 3.46. The van der Waals surface area contributed by atoms with E-state index in [1.807, 2.05) is 18.4 Å². The molecular weight excluding hydrogens is 162 g/mol. The number of ether oxygens (including phenoxy) is 2. The van der Waals surface area contributed by atoms with Crippen LogP contribution in [0.1, 0.15) is 13.3 Å². The zero-order chi connectivity index (χ0) is 8.10. The van der Waals surface area contributed by atoms with Gasteiger partial charge in [-0.3, -0.25) is 0 Å². The molecule has 1 aromatic heterocycles. The van der Waals surface area contributed by atoms with Crippen molar-refractivity contribution in [1.29, 1.82) is 0 Å². The lowest BCUT2D eigenvalue weighted by Crippen LogP contribution is -2.17. The van der Waals surface area contributed by atoms with Gasteiger partial charge < -0.3 is 9.47 Å². The van der Waals surface area contributed by atoms with Crippen LogP contribution in [0, 0.1) is 0 Å². The van der Waals surface area contributed by atoms with Crippen molar-refractivity contribution in [1.82, 2.24) is 4.37 Å². The molecule has 1 heterocycles. The van der Waals surface area contributed by atoms with Crippen LogP contribution in [0.15, 0.2) is 11.4 Å². The average molecular weight is 173 g/mol. The Labute approximate surface area is 70.1 Å². The van der Waals surface area contributed by atoms with Crippen molar-refractivity contribution < 1.29 is 9.47 Å². The summed E-state index contributed by atoms with van der Waals surface area (Å²) in [5.41, 5.74) is 0. The first-order valence-corrected chi connectivity index (χ1v) is 4.30. The van der Waals surface area contributed by atoms with Crippen molar-refractivity contribution in [2.24, 2.45) is 0 Å². The minimum atomic E-state index is -0.169. The van der Waals surface area contributed by atoms with Crippen LogP contribution in [-0.4, -0.2) is 17.8 Å². The lowest BCUT2D eigenvalue weighted by molar-refractivity contribution is -0.0568. The van der Waals surface area contributed by atoms with Crippen molar-refractivity contribution >= 4 is 11.5 Å². The Morgan fingerprint density at radius 1 is 1.73 bits per heavy atom. The molecule has 0 aliphatic carbocycles. The summed E-state index contributed by atoms with van der Waals surface area (Å²) < 4.78 is 14.3. The van der Waals surface area contributed by atoms with E-state index < -0.39 is 0 Å². The molecule has 62 valence electrons. The maximum atomic E-state index is 5.33. The number of rotatable bonds is 4.